The summed E-state index contributed by atoms with van der Waals surface area (Å²) in [6.07, 6.45) is 17.8. The first kappa shape index (κ1) is 15.1. The van der Waals surface area contributed by atoms with Gasteiger partial charge in [-0.3, -0.25) is 0 Å². The standard InChI is InChI=1S/C18H31F/c1-2-15-6-10-17(11-7-15)18-12-8-16(9-13-18)5-3-4-14-19/h3-4,15-18H,2,5-14H2,1H3/b4-3+. The Morgan fingerprint density at radius 1 is 0.789 bits per heavy atom. The molecule has 0 aromatic carbocycles. The third kappa shape index (κ3) is 4.61. The van der Waals surface area contributed by atoms with Crippen molar-refractivity contribution >= 4 is 0 Å². The predicted octanol–water partition coefficient (Wildman–Crippen LogP) is 5.93. The lowest BCUT2D eigenvalue weighted by Gasteiger charge is -2.37. The summed E-state index contributed by atoms with van der Waals surface area (Å²) in [6.45, 7) is 2.05. The molecule has 0 heterocycles. The van der Waals surface area contributed by atoms with E-state index in [1.165, 1.54) is 57.8 Å². The first-order valence-corrected chi connectivity index (χ1v) is 8.54. The molecule has 2 aliphatic carbocycles. The van der Waals surface area contributed by atoms with Gasteiger partial charge in [0, 0.05) is 0 Å². The third-order valence-electron chi connectivity index (χ3n) is 5.75. The van der Waals surface area contributed by atoms with Crippen LogP contribution in [0.3, 0.4) is 0 Å². The van der Waals surface area contributed by atoms with Gasteiger partial charge in [0.15, 0.2) is 0 Å². The highest BCUT2D eigenvalue weighted by molar-refractivity contribution is 4.87. The van der Waals surface area contributed by atoms with Gasteiger partial charge in [0.05, 0.1) is 0 Å². The number of alkyl halides is 1. The van der Waals surface area contributed by atoms with E-state index in [0.717, 1.165) is 30.1 Å². The summed E-state index contributed by atoms with van der Waals surface area (Å²) < 4.78 is 12.0. The summed E-state index contributed by atoms with van der Waals surface area (Å²) in [5, 5.41) is 0. The van der Waals surface area contributed by atoms with E-state index in [0.29, 0.717) is 0 Å². The predicted molar refractivity (Wildman–Crippen MR) is 80.9 cm³/mol. The molecule has 110 valence electrons. The van der Waals surface area contributed by atoms with Gasteiger partial charge in [-0.1, -0.05) is 38.3 Å². The molecule has 0 amide bonds. The molecule has 2 aliphatic rings. The molecule has 0 bridgehead atoms. The molecule has 1 heteroatoms. The van der Waals surface area contributed by atoms with Gasteiger partial charge >= 0.3 is 0 Å². The monoisotopic (exact) mass is 266 g/mol. The molecule has 0 aromatic heterocycles. The van der Waals surface area contributed by atoms with Crippen molar-refractivity contribution in [2.45, 2.75) is 71.1 Å². The zero-order valence-corrected chi connectivity index (χ0v) is 12.6. The molecule has 19 heavy (non-hydrogen) atoms. The Balaban J connectivity index is 1.67. The molecule has 0 radical (unpaired) electrons. The summed E-state index contributed by atoms with van der Waals surface area (Å²) >= 11 is 0. The van der Waals surface area contributed by atoms with E-state index < -0.39 is 0 Å². The van der Waals surface area contributed by atoms with E-state index in [1.807, 2.05) is 0 Å². The van der Waals surface area contributed by atoms with Crippen LogP contribution >= 0.6 is 0 Å². The van der Waals surface area contributed by atoms with Gasteiger partial charge in [0.25, 0.3) is 0 Å². The number of rotatable bonds is 5. The Bertz CT molecular complexity index is 255. The minimum absolute atomic E-state index is 0.296. The van der Waals surface area contributed by atoms with Crippen molar-refractivity contribution in [2.24, 2.45) is 23.7 Å². The number of allylic oxidation sites excluding steroid dienone is 2. The molecule has 2 fully saturated rings. The maximum atomic E-state index is 12.0. The summed E-state index contributed by atoms with van der Waals surface area (Å²) in [7, 11) is 0. The Labute approximate surface area is 118 Å². The van der Waals surface area contributed by atoms with Gasteiger partial charge in [-0.05, 0) is 68.6 Å². The number of halogens is 1. The van der Waals surface area contributed by atoms with Crippen molar-refractivity contribution < 1.29 is 4.39 Å². The maximum absolute atomic E-state index is 12.0. The molecular formula is C18H31F. The highest BCUT2D eigenvalue weighted by atomic mass is 19.1. The molecule has 0 aliphatic heterocycles. The topological polar surface area (TPSA) is 0 Å². The van der Waals surface area contributed by atoms with Crippen molar-refractivity contribution in [1.82, 2.24) is 0 Å². The average molecular weight is 266 g/mol. The van der Waals surface area contributed by atoms with Gasteiger partial charge in [0.1, 0.15) is 6.67 Å². The Hall–Kier alpha value is -0.330. The van der Waals surface area contributed by atoms with Crippen molar-refractivity contribution in [3.8, 4) is 0 Å². The molecule has 0 spiro atoms. The van der Waals surface area contributed by atoms with Crippen molar-refractivity contribution in [3.05, 3.63) is 12.2 Å². The highest BCUT2D eigenvalue weighted by Crippen LogP contribution is 2.42. The van der Waals surface area contributed by atoms with Crippen LogP contribution in [-0.2, 0) is 0 Å². The third-order valence-corrected chi connectivity index (χ3v) is 5.75. The fraction of sp³-hybridized carbons (Fsp3) is 0.889. The van der Waals surface area contributed by atoms with Gasteiger partial charge in [-0.2, -0.15) is 0 Å². The number of hydrogen-bond acceptors (Lipinski definition) is 0. The molecule has 0 unspecified atom stereocenters. The molecule has 2 rings (SSSR count). The summed E-state index contributed by atoms with van der Waals surface area (Å²) in [4.78, 5) is 0. The maximum Gasteiger partial charge on any atom is 0.108 e. The van der Waals surface area contributed by atoms with Crippen LogP contribution in [0.1, 0.15) is 71.1 Å². The lowest BCUT2D eigenvalue weighted by atomic mass is 9.68. The van der Waals surface area contributed by atoms with E-state index in [9.17, 15) is 4.39 Å². The van der Waals surface area contributed by atoms with E-state index in [-0.39, 0.29) is 6.67 Å². The zero-order valence-electron chi connectivity index (χ0n) is 12.6. The molecule has 2 saturated carbocycles. The molecule has 0 aromatic rings. The molecule has 0 nitrogen and oxygen atoms in total. The molecular weight excluding hydrogens is 235 g/mol. The normalized spacial score (nSPS) is 36.7. The fourth-order valence-corrected chi connectivity index (χ4v) is 4.31. The zero-order chi connectivity index (χ0) is 13.5. The molecule has 0 atom stereocenters. The Kier molecular flexibility index (Phi) is 6.40. The van der Waals surface area contributed by atoms with Crippen LogP contribution in [0.4, 0.5) is 4.39 Å². The largest absolute Gasteiger partial charge is 0.247 e. The van der Waals surface area contributed by atoms with Crippen LogP contribution in [0.5, 0.6) is 0 Å². The van der Waals surface area contributed by atoms with Gasteiger partial charge in [-0.25, -0.2) is 4.39 Å². The van der Waals surface area contributed by atoms with E-state index >= 15 is 0 Å². The van der Waals surface area contributed by atoms with E-state index in [2.05, 4.69) is 13.0 Å². The van der Waals surface area contributed by atoms with Crippen molar-refractivity contribution in [3.63, 3.8) is 0 Å². The second-order valence-electron chi connectivity index (χ2n) is 6.83. The average Bonchev–Trinajstić information content (AvgIpc) is 2.48. The van der Waals surface area contributed by atoms with Crippen LogP contribution in [0.25, 0.3) is 0 Å². The first-order valence-electron chi connectivity index (χ1n) is 8.54. The fourth-order valence-electron chi connectivity index (χ4n) is 4.31. The van der Waals surface area contributed by atoms with Gasteiger partial charge in [-0.15, -0.1) is 0 Å². The second-order valence-corrected chi connectivity index (χ2v) is 6.83. The van der Waals surface area contributed by atoms with Crippen LogP contribution in [0.15, 0.2) is 12.2 Å². The Morgan fingerprint density at radius 3 is 1.79 bits per heavy atom. The second kappa shape index (κ2) is 8.07. The highest BCUT2D eigenvalue weighted by Gasteiger charge is 2.29. The van der Waals surface area contributed by atoms with Crippen molar-refractivity contribution in [1.29, 1.82) is 0 Å². The van der Waals surface area contributed by atoms with Crippen LogP contribution < -0.4 is 0 Å². The minimum Gasteiger partial charge on any atom is -0.247 e. The molecule has 0 N–H and O–H groups in total. The van der Waals surface area contributed by atoms with E-state index in [1.54, 1.807) is 6.08 Å². The molecule has 0 saturated heterocycles. The van der Waals surface area contributed by atoms with Crippen LogP contribution in [0, 0.1) is 23.7 Å². The first-order chi connectivity index (χ1) is 9.33. The van der Waals surface area contributed by atoms with Crippen LogP contribution in [0.2, 0.25) is 0 Å². The summed E-state index contributed by atoms with van der Waals surface area (Å²) in [6, 6.07) is 0. The quantitative estimate of drug-likeness (QED) is 0.541. The van der Waals surface area contributed by atoms with Gasteiger partial charge in [0.2, 0.25) is 0 Å². The van der Waals surface area contributed by atoms with Crippen LogP contribution in [-0.4, -0.2) is 6.67 Å². The smallest absolute Gasteiger partial charge is 0.108 e. The summed E-state index contributed by atoms with van der Waals surface area (Å²) in [5.74, 6) is 3.91. The van der Waals surface area contributed by atoms with Gasteiger partial charge < -0.3 is 0 Å². The lowest BCUT2D eigenvalue weighted by Crippen LogP contribution is -2.25. The summed E-state index contributed by atoms with van der Waals surface area (Å²) in [5.41, 5.74) is 0. The number of hydrogen-bond donors (Lipinski definition) is 0. The van der Waals surface area contributed by atoms with Crippen molar-refractivity contribution in [2.75, 3.05) is 6.67 Å². The lowest BCUT2D eigenvalue weighted by molar-refractivity contribution is 0.145. The minimum atomic E-state index is -0.296. The Morgan fingerprint density at radius 2 is 1.32 bits per heavy atom. The van der Waals surface area contributed by atoms with E-state index in [4.69, 9.17) is 0 Å². The SMILES string of the molecule is CCC1CCC(C2CCC(C/C=C/CF)CC2)CC1.